The maximum Gasteiger partial charge on any atom is 0.0465 e. The van der Waals surface area contributed by atoms with Gasteiger partial charge < -0.3 is 10.1 Å². The van der Waals surface area contributed by atoms with Gasteiger partial charge in [0, 0.05) is 13.7 Å². The molecule has 78 valence electrons. The fourth-order valence-corrected chi connectivity index (χ4v) is 1.55. The minimum absolute atomic E-state index is 0.804. The van der Waals surface area contributed by atoms with E-state index in [2.05, 4.69) is 12.2 Å². The van der Waals surface area contributed by atoms with Crippen molar-refractivity contribution in [1.29, 1.82) is 0 Å². The van der Waals surface area contributed by atoms with E-state index in [4.69, 9.17) is 4.74 Å². The average molecular weight is 185 g/mol. The van der Waals surface area contributed by atoms with E-state index in [0.29, 0.717) is 0 Å². The van der Waals surface area contributed by atoms with Crippen LogP contribution in [0.4, 0.5) is 0 Å². The van der Waals surface area contributed by atoms with Crippen LogP contribution in [0.2, 0.25) is 0 Å². The van der Waals surface area contributed by atoms with Crippen molar-refractivity contribution in [2.45, 2.75) is 32.6 Å². The molecule has 1 saturated carbocycles. The maximum absolute atomic E-state index is 5.09. The van der Waals surface area contributed by atoms with Crippen LogP contribution < -0.4 is 5.32 Å². The Labute approximate surface area is 82.0 Å². The first-order valence-electron chi connectivity index (χ1n) is 5.56. The topological polar surface area (TPSA) is 21.3 Å². The van der Waals surface area contributed by atoms with Crippen LogP contribution in [0.1, 0.15) is 32.6 Å². The van der Waals surface area contributed by atoms with Crippen LogP contribution in [0, 0.1) is 11.8 Å². The third-order valence-electron chi connectivity index (χ3n) is 2.87. The van der Waals surface area contributed by atoms with Gasteiger partial charge in [0.2, 0.25) is 0 Å². The first-order chi connectivity index (χ1) is 6.36. The summed E-state index contributed by atoms with van der Waals surface area (Å²) in [6.45, 7) is 5.59. The molecule has 0 heterocycles. The fourth-order valence-electron chi connectivity index (χ4n) is 1.55. The van der Waals surface area contributed by atoms with Crippen molar-refractivity contribution in [2.24, 2.45) is 11.8 Å². The van der Waals surface area contributed by atoms with Gasteiger partial charge in [-0.05, 0) is 44.2 Å². The third kappa shape index (κ3) is 5.27. The Morgan fingerprint density at radius 1 is 1.46 bits per heavy atom. The van der Waals surface area contributed by atoms with Gasteiger partial charge in [-0.3, -0.25) is 0 Å². The Morgan fingerprint density at radius 2 is 2.23 bits per heavy atom. The van der Waals surface area contributed by atoms with Crippen molar-refractivity contribution < 1.29 is 4.74 Å². The summed E-state index contributed by atoms with van der Waals surface area (Å²) in [5, 5.41) is 3.55. The minimum atomic E-state index is 0.804. The van der Waals surface area contributed by atoms with Gasteiger partial charge in [-0.15, -0.1) is 0 Å². The lowest BCUT2D eigenvalue weighted by atomic mass is 10.0. The Hall–Kier alpha value is -0.0800. The van der Waals surface area contributed by atoms with Crippen LogP contribution in [0.25, 0.3) is 0 Å². The Bertz CT molecular complexity index is 123. The Morgan fingerprint density at radius 3 is 2.77 bits per heavy atom. The van der Waals surface area contributed by atoms with Crippen molar-refractivity contribution >= 4 is 0 Å². The van der Waals surface area contributed by atoms with Crippen molar-refractivity contribution in [1.82, 2.24) is 5.32 Å². The molecule has 0 bridgehead atoms. The summed E-state index contributed by atoms with van der Waals surface area (Å²) >= 11 is 0. The van der Waals surface area contributed by atoms with Gasteiger partial charge in [0.1, 0.15) is 0 Å². The highest BCUT2D eigenvalue weighted by atomic mass is 16.5. The minimum Gasteiger partial charge on any atom is -0.385 e. The summed E-state index contributed by atoms with van der Waals surface area (Å²) in [5.41, 5.74) is 0. The predicted molar refractivity (Wildman–Crippen MR) is 55.9 cm³/mol. The van der Waals surface area contributed by atoms with Crippen molar-refractivity contribution in [2.75, 3.05) is 26.8 Å². The molecule has 0 aliphatic heterocycles. The predicted octanol–water partition coefficient (Wildman–Crippen LogP) is 2.05. The first kappa shape index (κ1) is 11.0. The summed E-state index contributed by atoms with van der Waals surface area (Å²) in [6, 6.07) is 0. The van der Waals surface area contributed by atoms with E-state index in [1.165, 1.54) is 38.8 Å². The molecular formula is C11H23NO. The molecule has 1 aliphatic carbocycles. The van der Waals surface area contributed by atoms with Gasteiger partial charge in [0.15, 0.2) is 0 Å². The Balaban J connectivity index is 1.93. The number of rotatable bonds is 8. The van der Waals surface area contributed by atoms with Crippen molar-refractivity contribution in [3.05, 3.63) is 0 Å². The molecule has 2 nitrogen and oxygen atoms in total. The highest BCUT2D eigenvalue weighted by Crippen LogP contribution is 2.27. The van der Waals surface area contributed by atoms with Gasteiger partial charge in [-0.25, -0.2) is 0 Å². The molecular weight excluding hydrogens is 162 g/mol. The molecule has 1 rings (SSSR count). The zero-order chi connectivity index (χ0) is 9.52. The monoisotopic (exact) mass is 185 g/mol. The molecule has 1 atom stereocenters. The van der Waals surface area contributed by atoms with Crippen LogP contribution >= 0.6 is 0 Å². The van der Waals surface area contributed by atoms with Crippen LogP contribution in [0.3, 0.4) is 0 Å². The van der Waals surface area contributed by atoms with Crippen LogP contribution in [-0.4, -0.2) is 26.8 Å². The molecule has 0 radical (unpaired) electrons. The summed E-state index contributed by atoms with van der Waals surface area (Å²) in [4.78, 5) is 0. The highest BCUT2D eigenvalue weighted by molar-refractivity contribution is 4.75. The molecule has 0 amide bonds. The number of ether oxygens (including phenoxy) is 1. The molecule has 2 heteroatoms. The third-order valence-corrected chi connectivity index (χ3v) is 2.87. The largest absolute Gasteiger partial charge is 0.385 e. The Kier molecular flexibility index (Phi) is 5.40. The molecule has 0 aromatic rings. The second kappa shape index (κ2) is 6.39. The maximum atomic E-state index is 5.09. The van der Waals surface area contributed by atoms with E-state index in [0.717, 1.165) is 18.4 Å². The summed E-state index contributed by atoms with van der Waals surface area (Å²) in [6.07, 6.45) is 5.36. The molecule has 0 aromatic carbocycles. The number of hydrogen-bond donors (Lipinski definition) is 1. The molecule has 0 aromatic heterocycles. The van der Waals surface area contributed by atoms with Gasteiger partial charge in [-0.2, -0.15) is 0 Å². The van der Waals surface area contributed by atoms with E-state index in [1.807, 2.05) is 0 Å². The second-order valence-electron chi connectivity index (χ2n) is 4.16. The normalized spacial score (nSPS) is 18.9. The van der Waals surface area contributed by atoms with Crippen LogP contribution in [0.5, 0.6) is 0 Å². The van der Waals surface area contributed by atoms with E-state index in [9.17, 15) is 0 Å². The summed E-state index contributed by atoms with van der Waals surface area (Å²) in [5.74, 6) is 1.80. The highest BCUT2D eigenvalue weighted by Gasteiger charge is 2.20. The molecule has 1 N–H and O–H groups in total. The number of methoxy groups -OCH3 is 1. The van der Waals surface area contributed by atoms with E-state index in [1.54, 1.807) is 7.11 Å². The lowest BCUT2D eigenvalue weighted by Crippen LogP contribution is -2.25. The van der Waals surface area contributed by atoms with Crippen molar-refractivity contribution in [3.63, 3.8) is 0 Å². The lowest BCUT2D eigenvalue weighted by Gasteiger charge is -2.14. The molecule has 1 fully saturated rings. The summed E-state index contributed by atoms with van der Waals surface area (Å²) < 4.78 is 5.09. The second-order valence-corrected chi connectivity index (χ2v) is 4.16. The van der Waals surface area contributed by atoms with E-state index in [-0.39, 0.29) is 0 Å². The first-order valence-corrected chi connectivity index (χ1v) is 5.56. The molecule has 1 aliphatic rings. The fraction of sp³-hybridized carbons (Fsp3) is 1.00. The van der Waals surface area contributed by atoms with Crippen LogP contribution in [-0.2, 0) is 4.74 Å². The molecule has 0 spiro atoms. The van der Waals surface area contributed by atoms with Gasteiger partial charge in [0.25, 0.3) is 0 Å². The van der Waals surface area contributed by atoms with Crippen molar-refractivity contribution in [3.8, 4) is 0 Å². The van der Waals surface area contributed by atoms with Gasteiger partial charge in [0.05, 0.1) is 0 Å². The van der Waals surface area contributed by atoms with Gasteiger partial charge in [-0.1, -0.05) is 13.3 Å². The molecule has 13 heavy (non-hydrogen) atoms. The van der Waals surface area contributed by atoms with E-state index >= 15 is 0 Å². The lowest BCUT2D eigenvalue weighted by molar-refractivity contribution is 0.175. The number of nitrogens with one attached hydrogen (secondary N) is 1. The number of hydrogen-bond acceptors (Lipinski definition) is 2. The zero-order valence-electron chi connectivity index (χ0n) is 9.01. The average Bonchev–Trinajstić information content (AvgIpc) is 2.94. The SMILES string of the molecule is CCC(CCOC)CNCC1CC1. The standard InChI is InChI=1S/C11H23NO/c1-3-10(6-7-13-2)8-12-9-11-4-5-11/h10-12H,3-9H2,1-2H3. The molecule has 1 unspecified atom stereocenters. The van der Waals surface area contributed by atoms with E-state index < -0.39 is 0 Å². The van der Waals surface area contributed by atoms with Crippen LogP contribution in [0.15, 0.2) is 0 Å². The smallest absolute Gasteiger partial charge is 0.0465 e. The zero-order valence-corrected chi connectivity index (χ0v) is 9.01. The molecule has 0 saturated heterocycles. The van der Waals surface area contributed by atoms with Gasteiger partial charge >= 0.3 is 0 Å². The summed E-state index contributed by atoms with van der Waals surface area (Å²) in [7, 11) is 1.78. The quantitative estimate of drug-likeness (QED) is 0.625.